The highest BCUT2D eigenvalue weighted by atomic mass is 32.2. The average Bonchev–Trinajstić information content (AvgIpc) is 3.33. The normalized spacial score (nSPS) is 12.8. The summed E-state index contributed by atoms with van der Waals surface area (Å²) in [6.07, 6.45) is 7.15. The third kappa shape index (κ3) is 3.73. The van der Waals surface area contributed by atoms with Crippen LogP contribution in [0.15, 0.2) is 47.9 Å². The number of thioether (sulfide) groups is 1. The van der Waals surface area contributed by atoms with E-state index in [1.165, 1.54) is 22.9 Å². The topological polar surface area (TPSA) is 72.7 Å². The third-order valence-electron chi connectivity index (χ3n) is 4.68. The van der Waals surface area contributed by atoms with E-state index in [4.69, 9.17) is 0 Å². The van der Waals surface area contributed by atoms with Crippen molar-refractivity contribution in [2.24, 2.45) is 0 Å². The highest BCUT2D eigenvalue weighted by molar-refractivity contribution is 7.99. The molecule has 1 aliphatic carbocycles. The number of carbonyl (C=O) groups is 1. The number of amides is 1. The Morgan fingerprint density at radius 2 is 2.04 bits per heavy atom. The van der Waals surface area contributed by atoms with Gasteiger partial charge in [0, 0.05) is 30.2 Å². The first kappa shape index (κ1) is 17.7. The van der Waals surface area contributed by atoms with Crippen LogP contribution in [0, 0.1) is 0 Å². The second-order valence-corrected chi connectivity index (χ2v) is 7.37. The molecule has 0 aliphatic heterocycles. The Morgan fingerprint density at radius 3 is 2.85 bits per heavy atom. The number of nitrogens with one attached hydrogen (secondary N) is 1. The number of nitrogens with zero attached hydrogens (tertiary/aromatic N) is 4. The van der Waals surface area contributed by atoms with E-state index in [1.54, 1.807) is 0 Å². The van der Waals surface area contributed by atoms with Gasteiger partial charge in [-0.3, -0.25) is 9.78 Å². The molecule has 2 aromatic heterocycles. The van der Waals surface area contributed by atoms with Crippen LogP contribution in [0.4, 0.5) is 5.69 Å². The zero-order valence-corrected chi connectivity index (χ0v) is 16.0. The van der Waals surface area contributed by atoms with Gasteiger partial charge in [-0.25, -0.2) is 0 Å². The van der Waals surface area contributed by atoms with Crippen molar-refractivity contribution in [1.29, 1.82) is 0 Å². The number of hydrogen-bond donors (Lipinski definition) is 1. The number of aromatic nitrogens is 4. The number of rotatable bonds is 6. The van der Waals surface area contributed by atoms with Gasteiger partial charge in [-0.1, -0.05) is 30.0 Å². The summed E-state index contributed by atoms with van der Waals surface area (Å²) in [7, 11) is 0. The van der Waals surface area contributed by atoms with Gasteiger partial charge in [0.15, 0.2) is 11.0 Å². The maximum Gasteiger partial charge on any atom is 0.234 e. The quantitative estimate of drug-likeness (QED) is 0.663. The molecule has 3 aromatic rings. The minimum Gasteiger partial charge on any atom is -0.325 e. The van der Waals surface area contributed by atoms with E-state index in [2.05, 4.69) is 32.0 Å². The molecule has 0 saturated carbocycles. The maximum atomic E-state index is 12.2. The first-order valence-corrected chi connectivity index (χ1v) is 10.1. The second-order valence-electron chi connectivity index (χ2n) is 6.43. The van der Waals surface area contributed by atoms with Gasteiger partial charge in [-0.15, -0.1) is 10.2 Å². The molecule has 0 radical (unpaired) electrons. The van der Waals surface area contributed by atoms with E-state index < -0.39 is 0 Å². The zero-order valence-electron chi connectivity index (χ0n) is 15.2. The predicted octanol–water partition coefficient (Wildman–Crippen LogP) is 3.58. The van der Waals surface area contributed by atoms with Crippen molar-refractivity contribution < 1.29 is 4.79 Å². The van der Waals surface area contributed by atoms with Crippen LogP contribution in [0.2, 0.25) is 0 Å². The summed E-state index contributed by atoms with van der Waals surface area (Å²) in [6.45, 7) is 2.81. The van der Waals surface area contributed by atoms with E-state index in [9.17, 15) is 4.79 Å². The molecule has 0 bridgehead atoms. The first-order valence-electron chi connectivity index (χ1n) is 9.13. The van der Waals surface area contributed by atoms with Crippen molar-refractivity contribution in [3.63, 3.8) is 0 Å². The standard InChI is InChI=1S/C20H21N5OS/c1-2-25-19(17-12-21-11-14-7-6-10-16(14)17)23-24-20(25)27-13-18(26)22-15-8-4-3-5-9-15/h3-5,8-9,11-12H,2,6-7,10,13H2,1H3,(H,22,26). The lowest BCUT2D eigenvalue weighted by Crippen LogP contribution is -2.14. The highest BCUT2D eigenvalue weighted by Crippen LogP contribution is 2.32. The molecule has 6 nitrogen and oxygen atoms in total. The van der Waals surface area contributed by atoms with Crippen LogP contribution in [-0.4, -0.2) is 31.4 Å². The predicted molar refractivity (Wildman–Crippen MR) is 107 cm³/mol. The molecule has 27 heavy (non-hydrogen) atoms. The number of aryl methyl sites for hydroxylation is 1. The van der Waals surface area contributed by atoms with Crippen LogP contribution in [0.25, 0.3) is 11.4 Å². The molecule has 0 fully saturated rings. The average molecular weight is 379 g/mol. The number of fused-ring (bicyclic) bond motifs is 1. The Hall–Kier alpha value is -2.67. The Bertz CT molecular complexity index is 954. The Labute approximate surface area is 162 Å². The third-order valence-corrected chi connectivity index (χ3v) is 5.65. The summed E-state index contributed by atoms with van der Waals surface area (Å²) in [6, 6.07) is 9.46. The minimum absolute atomic E-state index is 0.0549. The van der Waals surface area contributed by atoms with Gasteiger partial charge in [0.25, 0.3) is 0 Å². The number of benzene rings is 1. The number of anilines is 1. The summed E-state index contributed by atoms with van der Waals surface area (Å²) >= 11 is 1.40. The number of pyridine rings is 1. The minimum atomic E-state index is -0.0549. The van der Waals surface area contributed by atoms with Crippen LogP contribution < -0.4 is 5.32 Å². The molecule has 1 N–H and O–H groups in total. The molecule has 0 atom stereocenters. The number of para-hydroxylation sites is 1. The number of carbonyl (C=O) groups excluding carboxylic acids is 1. The molecule has 7 heteroatoms. The lowest BCUT2D eigenvalue weighted by molar-refractivity contribution is -0.113. The number of hydrogen-bond acceptors (Lipinski definition) is 5. The van der Waals surface area contributed by atoms with E-state index in [0.29, 0.717) is 0 Å². The Balaban J connectivity index is 1.50. The summed E-state index contributed by atoms with van der Waals surface area (Å²) in [5, 5.41) is 12.4. The van der Waals surface area contributed by atoms with E-state index in [1.807, 2.05) is 42.7 Å². The molecular formula is C20H21N5OS. The SMILES string of the molecule is CCn1c(SCC(=O)Nc2ccccc2)nnc1-c1cncc2c1CCC2. The molecular weight excluding hydrogens is 358 g/mol. The summed E-state index contributed by atoms with van der Waals surface area (Å²) in [5.74, 6) is 1.08. The first-order chi connectivity index (χ1) is 13.3. The van der Waals surface area contributed by atoms with Crippen molar-refractivity contribution >= 4 is 23.4 Å². The van der Waals surface area contributed by atoms with Crippen LogP contribution in [-0.2, 0) is 24.2 Å². The van der Waals surface area contributed by atoms with Crippen molar-refractivity contribution in [1.82, 2.24) is 19.7 Å². The smallest absolute Gasteiger partial charge is 0.234 e. The maximum absolute atomic E-state index is 12.2. The van der Waals surface area contributed by atoms with Crippen molar-refractivity contribution in [2.75, 3.05) is 11.1 Å². The molecule has 0 spiro atoms. The van der Waals surface area contributed by atoms with Gasteiger partial charge in [0.05, 0.1) is 5.75 Å². The summed E-state index contributed by atoms with van der Waals surface area (Å²) in [5.41, 5.74) is 4.52. The molecule has 0 saturated heterocycles. The fourth-order valence-corrected chi connectivity index (χ4v) is 4.22. The van der Waals surface area contributed by atoms with Crippen LogP contribution >= 0.6 is 11.8 Å². The van der Waals surface area contributed by atoms with Gasteiger partial charge in [0.1, 0.15) is 0 Å². The van der Waals surface area contributed by atoms with E-state index >= 15 is 0 Å². The van der Waals surface area contributed by atoms with Crippen LogP contribution in [0.5, 0.6) is 0 Å². The van der Waals surface area contributed by atoms with Gasteiger partial charge in [-0.05, 0) is 49.4 Å². The molecule has 2 heterocycles. The monoisotopic (exact) mass is 379 g/mol. The lowest BCUT2D eigenvalue weighted by atomic mass is 10.1. The van der Waals surface area contributed by atoms with Gasteiger partial charge < -0.3 is 9.88 Å². The molecule has 1 amide bonds. The lowest BCUT2D eigenvalue weighted by Gasteiger charge is -2.10. The largest absolute Gasteiger partial charge is 0.325 e. The molecule has 4 rings (SSSR count). The van der Waals surface area contributed by atoms with Crippen molar-refractivity contribution in [3.8, 4) is 11.4 Å². The van der Waals surface area contributed by atoms with Gasteiger partial charge in [-0.2, -0.15) is 0 Å². The highest BCUT2D eigenvalue weighted by Gasteiger charge is 2.21. The molecule has 0 unspecified atom stereocenters. The summed E-state index contributed by atoms with van der Waals surface area (Å²) < 4.78 is 2.07. The van der Waals surface area contributed by atoms with Crippen molar-refractivity contribution in [3.05, 3.63) is 53.9 Å². The Morgan fingerprint density at radius 1 is 1.19 bits per heavy atom. The van der Waals surface area contributed by atoms with E-state index in [-0.39, 0.29) is 11.7 Å². The molecule has 1 aromatic carbocycles. The van der Waals surface area contributed by atoms with Crippen LogP contribution in [0.1, 0.15) is 24.5 Å². The molecule has 138 valence electrons. The fourth-order valence-electron chi connectivity index (χ4n) is 3.42. The van der Waals surface area contributed by atoms with Crippen LogP contribution in [0.3, 0.4) is 0 Å². The molecule has 1 aliphatic rings. The van der Waals surface area contributed by atoms with E-state index in [0.717, 1.165) is 48.0 Å². The zero-order chi connectivity index (χ0) is 18.6. The van der Waals surface area contributed by atoms with Gasteiger partial charge >= 0.3 is 0 Å². The van der Waals surface area contributed by atoms with Crippen molar-refractivity contribution in [2.45, 2.75) is 37.9 Å². The second kappa shape index (κ2) is 7.92. The fraction of sp³-hybridized carbons (Fsp3) is 0.300. The van der Waals surface area contributed by atoms with Gasteiger partial charge in [0.2, 0.25) is 5.91 Å². The summed E-state index contributed by atoms with van der Waals surface area (Å²) in [4.78, 5) is 16.6. The Kier molecular flexibility index (Phi) is 5.20.